The number of furan rings is 2. The van der Waals surface area contributed by atoms with Crippen LogP contribution in [-0.2, 0) is 0 Å². The van der Waals surface area contributed by atoms with Crippen molar-refractivity contribution in [1.82, 2.24) is 0 Å². The van der Waals surface area contributed by atoms with Crippen LogP contribution in [0.25, 0.3) is 88.0 Å². The lowest BCUT2D eigenvalue weighted by molar-refractivity contribution is 0.628. The number of hydrogen-bond donors (Lipinski definition) is 0. The van der Waals surface area contributed by atoms with Crippen molar-refractivity contribution in [1.29, 1.82) is 0 Å². The summed E-state index contributed by atoms with van der Waals surface area (Å²) in [7, 11) is 0. The summed E-state index contributed by atoms with van der Waals surface area (Å²) < 4.78 is 12.6. The van der Waals surface area contributed by atoms with Crippen molar-refractivity contribution in [2.45, 2.75) is 0 Å². The monoisotopic (exact) mass is 536 g/mol. The van der Waals surface area contributed by atoms with Crippen LogP contribution < -0.4 is 0 Å². The van der Waals surface area contributed by atoms with E-state index in [9.17, 15) is 0 Å². The Labute approximate surface area is 242 Å². The van der Waals surface area contributed by atoms with Crippen LogP contribution in [0.1, 0.15) is 0 Å². The highest BCUT2D eigenvalue weighted by atomic mass is 16.3. The zero-order valence-electron chi connectivity index (χ0n) is 22.7. The molecule has 42 heavy (non-hydrogen) atoms. The van der Waals surface area contributed by atoms with Crippen LogP contribution in [0.2, 0.25) is 0 Å². The molecule has 0 atom stereocenters. The van der Waals surface area contributed by atoms with Gasteiger partial charge in [0.1, 0.15) is 22.5 Å². The lowest BCUT2D eigenvalue weighted by atomic mass is 9.86. The zero-order valence-corrected chi connectivity index (χ0v) is 22.7. The topological polar surface area (TPSA) is 26.3 Å². The minimum atomic E-state index is 0.828. The summed E-state index contributed by atoms with van der Waals surface area (Å²) >= 11 is 0. The summed E-state index contributed by atoms with van der Waals surface area (Å²) in [6, 6.07) is 51.4. The van der Waals surface area contributed by atoms with Crippen molar-refractivity contribution in [3.05, 3.63) is 146 Å². The van der Waals surface area contributed by atoms with Gasteiger partial charge in [-0.2, -0.15) is 0 Å². The highest BCUT2D eigenvalue weighted by molar-refractivity contribution is 6.22. The third-order valence-electron chi connectivity index (χ3n) is 8.45. The molecule has 0 spiro atoms. The van der Waals surface area contributed by atoms with E-state index >= 15 is 0 Å². The second kappa shape index (κ2) is 8.95. The van der Waals surface area contributed by atoms with E-state index in [1.165, 1.54) is 43.8 Å². The molecule has 0 aliphatic carbocycles. The van der Waals surface area contributed by atoms with Crippen LogP contribution in [0.15, 0.2) is 154 Å². The maximum absolute atomic E-state index is 6.36. The zero-order chi connectivity index (χ0) is 27.6. The molecule has 0 N–H and O–H groups in total. The molecule has 0 radical (unpaired) electrons. The summed E-state index contributed by atoms with van der Waals surface area (Å²) in [6.07, 6.45) is 0. The number of rotatable bonds is 3. The van der Waals surface area contributed by atoms with E-state index in [-0.39, 0.29) is 0 Å². The summed E-state index contributed by atoms with van der Waals surface area (Å²) in [5.74, 6) is 0.861. The van der Waals surface area contributed by atoms with Gasteiger partial charge in [0.25, 0.3) is 0 Å². The van der Waals surface area contributed by atoms with Crippen LogP contribution in [-0.4, -0.2) is 0 Å². The molecule has 2 heterocycles. The molecule has 0 aliphatic heterocycles. The second-order valence-corrected chi connectivity index (χ2v) is 10.9. The van der Waals surface area contributed by atoms with E-state index in [1.54, 1.807) is 0 Å². The lowest BCUT2D eigenvalue weighted by Gasteiger charge is -2.17. The normalized spacial score (nSPS) is 11.8. The molecule has 2 aromatic heterocycles. The largest absolute Gasteiger partial charge is 0.456 e. The molecule has 2 heteroatoms. The Morgan fingerprint density at radius 3 is 1.50 bits per heavy atom. The molecule has 0 saturated heterocycles. The first-order valence-corrected chi connectivity index (χ1v) is 14.3. The minimum absolute atomic E-state index is 0.828. The summed E-state index contributed by atoms with van der Waals surface area (Å²) in [5, 5.41) is 8.25. The smallest absolute Gasteiger partial charge is 0.139 e. The van der Waals surface area contributed by atoms with Gasteiger partial charge in [-0.1, -0.05) is 115 Å². The maximum Gasteiger partial charge on any atom is 0.139 e. The van der Waals surface area contributed by atoms with Gasteiger partial charge in [0.2, 0.25) is 0 Å². The lowest BCUT2D eigenvalue weighted by Crippen LogP contribution is -1.90. The van der Waals surface area contributed by atoms with E-state index in [4.69, 9.17) is 8.83 Å². The van der Waals surface area contributed by atoms with E-state index in [1.807, 2.05) is 24.3 Å². The number of fused-ring (bicyclic) bond motifs is 6. The molecular formula is C40H24O2. The van der Waals surface area contributed by atoms with Crippen molar-refractivity contribution in [3.63, 3.8) is 0 Å². The van der Waals surface area contributed by atoms with Crippen molar-refractivity contribution < 1.29 is 8.83 Å². The highest BCUT2D eigenvalue weighted by Crippen LogP contribution is 2.45. The van der Waals surface area contributed by atoms with Crippen LogP contribution in [0.3, 0.4) is 0 Å². The quantitative estimate of drug-likeness (QED) is 0.210. The Morgan fingerprint density at radius 2 is 0.857 bits per heavy atom. The Hall–Kier alpha value is -5.60. The first kappa shape index (κ1) is 23.1. The molecule has 0 aliphatic rings. The predicted octanol–water partition coefficient (Wildman–Crippen LogP) is 11.6. The Balaban J connectivity index is 1.30. The van der Waals surface area contributed by atoms with E-state index in [2.05, 4.69) is 121 Å². The Bertz CT molecular complexity index is 2390. The molecule has 9 rings (SSSR count). The van der Waals surface area contributed by atoms with Crippen molar-refractivity contribution in [2.24, 2.45) is 0 Å². The van der Waals surface area contributed by atoms with Crippen LogP contribution >= 0.6 is 0 Å². The molecule has 0 amide bonds. The first-order valence-electron chi connectivity index (χ1n) is 14.3. The first-order chi connectivity index (χ1) is 20.8. The molecule has 0 unspecified atom stereocenters. The average Bonchev–Trinajstić information content (AvgIpc) is 3.63. The maximum atomic E-state index is 6.36. The van der Waals surface area contributed by atoms with Gasteiger partial charge in [0.15, 0.2) is 0 Å². The molecule has 0 fully saturated rings. The van der Waals surface area contributed by atoms with E-state index in [0.717, 1.165) is 44.2 Å². The van der Waals surface area contributed by atoms with Gasteiger partial charge >= 0.3 is 0 Å². The summed E-state index contributed by atoms with van der Waals surface area (Å²) in [6.45, 7) is 0. The third-order valence-corrected chi connectivity index (χ3v) is 8.45. The van der Waals surface area contributed by atoms with Gasteiger partial charge in [-0.25, -0.2) is 0 Å². The minimum Gasteiger partial charge on any atom is -0.456 e. The Kier molecular flexibility index (Phi) is 4.93. The fourth-order valence-electron chi connectivity index (χ4n) is 6.57. The Morgan fingerprint density at radius 1 is 0.310 bits per heavy atom. The molecule has 2 nitrogen and oxygen atoms in total. The molecule has 196 valence electrons. The SMILES string of the molecule is c1ccc(-c2cc3cc4c(cc3o2)oc2ccc(-c3c5ccccc5c(-c5ccccc5)c5ccccc35)cc24)cc1. The van der Waals surface area contributed by atoms with Crippen molar-refractivity contribution in [2.75, 3.05) is 0 Å². The second-order valence-electron chi connectivity index (χ2n) is 10.9. The van der Waals surface area contributed by atoms with Gasteiger partial charge in [0.05, 0.1) is 0 Å². The van der Waals surface area contributed by atoms with Gasteiger partial charge in [-0.05, 0) is 68.1 Å². The fraction of sp³-hybridized carbons (Fsp3) is 0. The number of hydrogen-bond acceptors (Lipinski definition) is 2. The molecule has 9 aromatic rings. The van der Waals surface area contributed by atoms with Crippen LogP contribution in [0.4, 0.5) is 0 Å². The van der Waals surface area contributed by atoms with Gasteiger partial charge in [0, 0.05) is 27.8 Å². The number of benzene rings is 7. The van der Waals surface area contributed by atoms with Gasteiger partial charge < -0.3 is 8.83 Å². The summed E-state index contributed by atoms with van der Waals surface area (Å²) in [5.41, 5.74) is 8.52. The van der Waals surface area contributed by atoms with Crippen molar-refractivity contribution >= 4 is 54.5 Å². The molecule has 0 saturated carbocycles. The van der Waals surface area contributed by atoms with E-state index < -0.39 is 0 Å². The average molecular weight is 537 g/mol. The highest BCUT2D eigenvalue weighted by Gasteiger charge is 2.18. The van der Waals surface area contributed by atoms with Crippen LogP contribution in [0.5, 0.6) is 0 Å². The van der Waals surface area contributed by atoms with Gasteiger partial charge in [-0.15, -0.1) is 0 Å². The standard InChI is InChI=1S/C40H24O2/c1-3-11-25(12-4-1)36-23-28-22-34-33-21-27(19-20-35(33)41-38(34)24-37(28)42-36)40-31-17-9-7-15-29(31)39(26-13-5-2-6-14-26)30-16-8-10-18-32(30)40/h1-24H. The molecule has 0 bridgehead atoms. The van der Waals surface area contributed by atoms with Crippen LogP contribution in [0, 0.1) is 0 Å². The van der Waals surface area contributed by atoms with Gasteiger partial charge in [-0.3, -0.25) is 0 Å². The summed E-state index contributed by atoms with van der Waals surface area (Å²) in [4.78, 5) is 0. The molecular weight excluding hydrogens is 512 g/mol. The molecule has 7 aromatic carbocycles. The van der Waals surface area contributed by atoms with E-state index in [0.29, 0.717) is 0 Å². The fourth-order valence-corrected chi connectivity index (χ4v) is 6.57. The third kappa shape index (κ3) is 3.45. The van der Waals surface area contributed by atoms with Crippen molar-refractivity contribution in [3.8, 4) is 33.6 Å². The predicted molar refractivity (Wildman–Crippen MR) is 175 cm³/mol.